The summed E-state index contributed by atoms with van der Waals surface area (Å²) in [6.07, 6.45) is 3.42. The number of amides is 6. The number of nitrogens with one attached hydrogen (secondary N) is 7. The molecule has 15 nitrogen and oxygen atoms in total. The largest absolute Gasteiger partial charge is 0.370 e. The van der Waals surface area contributed by atoms with Crippen LogP contribution in [0, 0.1) is 5.41 Å². The summed E-state index contributed by atoms with van der Waals surface area (Å²) in [5.74, 6) is -3.12. The summed E-state index contributed by atoms with van der Waals surface area (Å²) < 4.78 is 0. The fourth-order valence-electron chi connectivity index (χ4n) is 8.74. The molecule has 0 spiro atoms. The molecule has 1 saturated carbocycles. The molecule has 356 valence electrons. The Labute approximate surface area is 397 Å². The second-order valence-corrected chi connectivity index (χ2v) is 17.6. The number of nitrogens with two attached hydrogens (primary N) is 2. The van der Waals surface area contributed by atoms with Crippen molar-refractivity contribution in [1.82, 2.24) is 31.9 Å². The van der Waals surface area contributed by atoms with Crippen LogP contribution in [0.2, 0.25) is 0 Å². The van der Waals surface area contributed by atoms with E-state index in [4.69, 9.17) is 16.9 Å². The first-order valence-corrected chi connectivity index (χ1v) is 23.4. The lowest BCUT2D eigenvalue weighted by Crippen LogP contribution is -2.64. The highest BCUT2D eigenvalue weighted by Crippen LogP contribution is 2.38. The minimum absolute atomic E-state index is 0.0810. The highest BCUT2D eigenvalue weighted by molar-refractivity contribution is 5.97. The second kappa shape index (κ2) is 24.3. The van der Waals surface area contributed by atoms with Crippen LogP contribution in [-0.2, 0) is 43.4 Å². The highest BCUT2D eigenvalue weighted by atomic mass is 16.2. The van der Waals surface area contributed by atoms with E-state index in [1.54, 1.807) is 24.3 Å². The van der Waals surface area contributed by atoms with Crippen molar-refractivity contribution < 1.29 is 28.8 Å². The molecule has 11 N–H and O–H groups in total. The number of fused-ring (bicyclic) bond motifs is 1. The van der Waals surface area contributed by atoms with Gasteiger partial charge in [-0.1, -0.05) is 122 Å². The van der Waals surface area contributed by atoms with Crippen molar-refractivity contribution in [2.24, 2.45) is 11.5 Å². The molecule has 0 aromatic heterocycles. The molecule has 3 atom stereocenters. The molecule has 0 radical (unpaired) electrons. The zero-order chi connectivity index (χ0) is 48.5. The molecule has 0 saturated heterocycles. The van der Waals surface area contributed by atoms with Gasteiger partial charge >= 0.3 is 0 Å². The zero-order valence-electron chi connectivity index (χ0n) is 38.5. The van der Waals surface area contributed by atoms with Gasteiger partial charge in [-0.2, -0.15) is 0 Å². The Hall–Kier alpha value is -7.55. The zero-order valence-corrected chi connectivity index (χ0v) is 38.5. The molecular formula is C53H63N9O6. The van der Waals surface area contributed by atoms with Crippen molar-refractivity contribution in [2.45, 2.75) is 107 Å². The van der Waals surface area contributed by atoms with Gasteiger partial charge in [0.05, 0.1) is 0 Å². The minimum Gasteiger partial charge on any atom is -0.370 e. The fourth-order valence-corrected chi connectivity index (χ4v) is 8.74. The number of carbonyl (C=O) groups excluding carboxylic acids is 6. The molecule has 5 aromatic rings. The summed E-state index contributed by atoms with van der Waals surface area (Å²) in [6.45, 7) is 2.21. The maximum absolute atomic E-state index is 14.7. The smallest absolute Gasteiger partial charge is 0.248 e. The molecule has 5 aromatic carbocycles. The molecule has 15 heteroatoms. The van der Waals surface area contributed by atoms with Crippen LogP contribution in [0.15, 0.2) is 127 Å². The van der Waals surface area contributed by atoms with Crippen molar-refractivity contribution >= 4 is 52.2 Å². The average Bonchev–Trinajstić information content (AvgIpc) is 3.34. The minimum atomic E-state index is -1.27. The molecule has 0 heterocycles. The summed E-state index contributed by atoms with van der Waals surface area (Å²) in [4.78, 5) is 82.9. The van der Waals surface area contributed by atoms with Crippen molar-refractivity contribution in [3.05, 3.63) is 155 Å². The molecule has 68 heavy (non-hydrogen) atoms. The van der Waals surface area contributed by atoms with Crippen LogP contribution >= 0.6 is 0 Å². The predicted octanol–water partition coefficient (Wildman–Crippen LogP) is 4.77. The first-order chi connectivity index (χ1) is 32.8. The first-order valence-electron chi connectivity index (χ1n) is 23.4. The molecular weight excluding hydrogens is 859 g/mol. The molecule has 6 amide bonds. The first kappa shape index (κ1) is 49.9. The maximum atomic E-state index is 14.7. The van der Waals surface area contributed by atoms with E-state index in [0.717, 1.165) is 21.9 Å². The number of benzene rings is 5. The third-order valence-corrected chi connectivity index (χ3v) is 12.5. The Kier molecular flexibility index (Phi) is 17.8. The van der Waals surface area contributed by atoms with E-state index in [9.17, 15) is 28.8 Å². The number of rotatable bonds is 22. The Morgan fingerprint density at radius 3 is 1.90 bits per heavy atom. The van der Waals surface area contributed by atoms with E-state index in [1.807, 2.05) is 97.9 Å². The highest BCUT2D eigenvalue weighted by Gasteiger charge is 2.44. The number of primary amides is 1. The summed E-state index contributed by atoms with van der Waals surface area (Å²) in [5.41, 5.74) is 13.4. The van der Waals surface area contributed by atoms with E-state index in [0.29, 0.717) is 49.7 Å². The van der Waals surface area contributed by atoms with Gasteiger partial charge in [-0.15, -0.1) is 0 Å². The standard InChI is InChI=1S/C53H63N9O6/c1-2-12-46(63)62-53(28-26-40(27-29-53)38-15-7-4-8-16-38)51(68)61-45(32-35-13-5-3-6-14-35)50(67)59-43(19-11-30-57-52(55)56)49(66)60-44(33-37-22-23-39-17-9-10-18-42(39)31-37)48(65)58-34-36-20-24-41(25-21-36)47(54)64/h3-10,13-18,20-25,31,40,43-45H,2,11-12,19,26-30,32-34H2,1H3,(H2,54,64)(H,58,65)(H,59,67)(H,60,66)(H,61,68)(H,62,63)(H4,55,56,57)/t40-,43-,44?,45+,53+/m0/s1. The number of hydrogen-bond donors (Lipinski definition) is 9. The van der Waals surface area contributed by atoms with E-state index in [-0.39, 0.29) is 56.6 Å². The number of hydrogen-bond acceptors (Lipinski definition) is 7. The van der Waals surface area contributed by atoms with E-state index in [1.165, 1.54) is 5.56 Å². The Morgan fingerprint density at radius 1 is 0.647 bits per heavy atom. The Balaban J connectivity index is 1.25. The summed E-state index contributed by atoms with van der Waals surface area (Å²) in [6, 6.07) is 35.9. The van der Waals surface area contributed by atoms with Gasteiger partial charge in [0.2, 0.25) is 35.4 Å². The van der Waals surface area contributed by atoms with E-state index < -0.39 is 53.2 Å². The number of carbonyl (C=O) groups is 6. The van der Waals surface area contributed by atoms with Crippen LogP contribution in [-0.4, -0.2) is 71.6 Å². The third kappa shape index (κ3) is 14.2. The van der Waals surface area contributed by atoms with Gasteiger partial charge in [0, 0.05) is 37.9 Å². The summed E-state index contributed by atoms with van der Waals surface area (Å²) in [5, 5.41) is 27.1. The molecule has 1 unspecified atom stereocenters. The van der Waals surface area contributed by atoms with Crippen LogP contribution in [0.1, 0.15) is 96.8 Å². The van der Waals surface area contributed by atoms with Crippen LogP contribution < -0.4 is 43.4 Å². The van der Waals surface area contributed by atoms with Gasteiger partial charge in [0.25, 0.3) is 0 Å². The fraction of sp³-hybridized carbons (Fsp3) is 0.340. The molecule has 6 rings (SSSR count). The molecule has 0 bridgehead atoms. The van der Waals surface area contributed by atoms with Gasteiger partial charge in [0.15, 0.2) is 5.96 Å². The molecule has 0 aliphatic heterocycles. The topological polar surface area (TPSA) is 250 Å². The monoisotopic (exact) mass is 921 g/mol. The lowest BCUT2D eigenvalue weighted by molar-refractivity contribution is -0.138. The second-order valence-electron chi connectivity index (χ2n) is 17.6. The van der Waals surface area contributed by atoms with Crippen molar-refractivity contribution in [2.75, 3.05) is 6.54 Å². The van der Waals surface area contributed by atoms with E-state index in [2.05, 4.69) is 44.0 Å². The van der Waals surface area contributed by atoms with Crippen LogP contribution in [0.4, 0.5) is 0 Å². The Morgan fingerprint density at radius 2 is 1.24 bits per heavy atom. The van der Waals surface area contributed by atoms with E-state index >= 15 is 0 Å². The maximum Gasteiger partial charge on any atom is 0.248 e. The van der Waals surface area contributed by atoms with Gasteiger partial charge in [0.1, 0.15) is 23.7 Å². The SMILES string of the molecule is CCCC(=O)N[C@]1(C(=O)N[C@H](Cc2ccccc2)C(=O)N[C@@H](CCCNC(=N)N)C(=O)NC(Cc2ccc3ccccc3c2)C(=O)NCc2ccc(C(N)=O)cc2)CC[C@H](c2ccccc2)CC1. The van der Waals surface area contributed by atoms with Crippen LogP contribution in [0.25, 0.3) is 10.8 Å². The third-order valence-electron chi connectivity index (χ3n) is 12.5. The normalized spacial score (nSPS) is 16.8. The van der Waals surface area contributed by atoms with Gasteiger partial charge in [-0.3, -0.25) is 34.2 Å². The summed E-state index contributed by atoms with van der Waals surface area (Å²) >= 11 is 0. The van der Waals surface area contributed by atoms with Crippen molar-refractivity contribution in [3.63, 3.8) is 0 Å². The lowest BCUT2D eigenvalue weighted by Gasteiger charge is -2.40. The predicted molar refractivity (Wildman–Crippen MR) is 263 cm³/mol. The van der Waals surface area contributed by atoms with Gasteiger partial charge < -0.3 is 43.4 Å². The van der Waals surface area contributed by atoms with Crippen LogP contribution in [0.5, 0.6) is 0 Å². The molecule has 1 aliphatic rings. The van der Waals surface area contributed by atoms with Gasteiger partial charge in [-0.25, -0.2) is 0 Å². The van der Waals surface area contributed by atoms with Crippen molar-refractivity contribution in [1.29, 1.82) is 5.41 Å². The van der Waals surface area contributed by atoms with Gasteiger partial charge in [-0.05, 0) is 96.0 Å². The van der Waals surface area contributed by atoms with Crippen molar-refractivity contribution in [3.8, 4) is 0 Å². The lowest BCUT2D eigenvalue weighted by atomic mass is 9.73. The number of guanidine groups is 1. The quantitative estimate of drug-likeness (QED) is 0.0265. The Bertz CT molecular complexity index is 2530. The molecule has 1 fully saturated rings. The average molecular weight is 922 g/mol. The van der Waals surface area contributed by atoms with Crippen LogP contribution in [0.3, 0.4) is 0 Å². The summed E-state index contributed by atoms with van der Waals surface area (Å²) in [7, 11) is 0. The molecule has 1 aliphatic carbocycles.